The highest BCUT2D eigenvalue weighted by Crippen LogP contribution is 2.29. The predicted molar refractivity (Wildman–Crippen MR) is 71.6 cm³/mol. The average Bonchev–Trinajstić information content (AvgIpc) is 2.57. The van der Waals surface area contributed by atoms with Crippen molar-refractivity contribution in [1.82, 2.24) is 0 Å². The normalized spacial score (nSPS) is 23.0. The molecule has 1 aromatic rings. The molecule has 1 saturated heterocycles. The molecule has 2 aliphatic heterocycles. The zero-order chi connectivity index (χ0) is 13.4. The summed E-state index contributed by atoms with van der Waals surface area (Å²) in [6.07, 6.45) is 1.17. The molecule has 2 aliphatic rings. The van der Waals surface area contributed by atoms with Crippen LogP contribution in [0.25, 0.3) is 0 Å². The Morgan fingerprint density at radius 3 is 3.05 bits per heavy atom. The van der Waals surface area contributed by atoms with E-state index in [0.29, 0.717) is 11.3 Å². The number of hydrogen-bond donors (Lipinski definition) is 1. The molecule has 1 amide bonds. The van der Waals surface area contributed by atoms with Crippen LogP contribution in [0.1, 0.15) is 23.7 Å². The minimum Gasteiger partial charge on any atom is -0.377 e. The van der Waals surface area contributed by atoms with Gasteiger partial charge in [0.25, 0.3) is 11.7 Å². The van der Waals surface area contributed by atoms with E-state index in [0.717, 1.165) is 31.8 Å². The van der Waals surface area contributed by atoms with Gasteiger partial charge in [0.1, 0.15) is 0 Å². The van der Waals surface area contributed by atoms with Gasteiger partial charge in [-0.2, -0.15) is 0 Å². The van der Waals surface area contributed by atoms with Gasteiger partial charge < -0.3 is 15.0 Å². The van der Waals surface area contributed by atoms with Gasteiger partial charge in [0.15, 0.2) is 0 Å². The van der Waals surface area contributed by atoms with E-state index in [4.69, 9.17) is 4.74 Å². The maximum absolute atomic E-state index is 11.5. The number of carbonyl (C=O) groups excluding carboxylic acids is 2. The fourth-order valence-electron chi connectivity index (χ4n) is 2.56. The van der Waals surface area contributed by atoms with Gasteiger partial charge >= 0.3 is 0 Å². The Labute approximate surface area is 111 Å². The molecule has 1 unspecified atom stereocenters. The molecule has 0 spiro atoms. The Balaban J connectivity index is 1.88. The van der Waals surface area contributed by atoms with Crippen LogP contribution in [0, 0.1) is 0 Å². The van der Waals surface area contributed by atoms with E-state index in [-0.39, 0.29) is 6.10 Å². The van der Waals surface area contributed by atoms with Gasteiger partial charge in [-0.25, -0.2) is 0 Å². The highest BCUT2D eigenvalue weighted by atomic mass is 16.5. The van der Waals surface area contributed by atoms with Crippen molar-refractivity contribution in [2.24, 2.45) is 0 Å². The van der Waals surface area contributed by atoms with Gasteiger partial charge in [-0.3, -0.25) is 9.59 Å². The van der Waals surface area contributed by atoms with E-state index in [1.807, 2.05) is 12.1 Å². The quantitative estimate of drug-likeness (QED) is 0.776. The summed E-state index contributed by atoms with van der Waals surface area (Å²) in [6, 6.07) is 5.49. The van der Waals surface area contributed by atoms with E-state index in [1.165, 1.54) is 0 Å². The Hall–Kier alpha value is -1.88. The number of anilines is 2. The van der Waals surface area contributed by atoms with Crippen molar-refractivity contribution in [1.29, 1.82) is 0 Å². The number of ether oxygens (including phenoxy) is 1. The molecule has 100 valence electrons. The summed E-state index contributed by atoms with van der Waals surface area (Å²) in [4.78, 5) is 25.1. The first-order valence-electron chi connectivity index (χ1n) is 6.51. The largest absolute Gasteiger partial charge is 0.377 e. The number of benzene rings is 1. The average molecular weight is 260 g/mol. The van der Waals surface area contributed by atoms with Crippen LogP contribution in [0.15, 0.2) is 18.2 Å². The van der Waals surface area contributed by atoms with Gasteiger partial charge in [-0.15, -0.1) is 0 Å². The molecule has 0 saturated carbocycles. The van der Waals surface area contributed by atoms with Gasteiger partial charge in [-0.1, -0.05) is 0 Å². The third-order valence-corrected chi connectivity index (χ3v) is 3.52. The molecule has 5 nitrogen and oxygen atoms in total. The number of rotatable bonds is 1. The Morgan fingerprint density at radius 1 is 1.37 bits per heavy atom. The van der Waals surface area contributed by atoms with Crippen molar-refractivity contribution >= 4 is 23.1 Å². The molecule has 1 fully saturated rings. The number of ketones is 1. The fourth-order valence-corrected chi connectivity index (χ4v) is 2.56. The van der Waals surface area contributed by atoms with Crippen molar-refractivity contribution in [3.63, 3.8) is 0 Å². The lowest BCUT2D eigenvalue weighted by Gasteiger charge is -2.24. The SMILES string of the molecule is CC1CN(c2ccc3c(c2)NC(=O)C3=O)CCCO1. The highest BCUT2D eigenvalue weighted by molar-refractivity contribution is 6.51. The molecule has 0 bridgehead atoms. The third kappa shape index (κ3) is 2.21. The number of nitrogens with one attached hydrogen (secondary N) is 1. The molecule has 0 radical (unpaired) electrons. The maximum Gasteiger partial charge on any atom is 0.296 e. The zero-order valence-corrected chi connectivity index (χ0v) is 10.8. The summed E-state index contributed by atoms with van der Waals surface area (Å²) in [5, 5.41) is 2.61. The first-order chi connectivity index (χ1) is 9.15. The van der Waals surface area contributed by atoms with Gasteiger partial charge in [0.05, 0.1) is 17.4 Å². The third-order valence-electron chi connectivity index (χ3n) is 3.52. The summed E-state index contributed by atoms with van der Waals surface area (Å²) in [5.41, 5.74) is 2.10. The van der Waals surface area contributed by atoms with Crippen LogP contribution in [0.2, 0.25) is 0 Å². The Morgan fingerprint density at radius 2 is 2.21 bits per heavy atom. The second-order valence-electron chi connectivity index (χ2n) is 4.99. The van der Waals surface area contributed by atoms with E-state index < -0.39 is 11.7 Å². The van der Waals surface area contributed by atoms with Crippen LogP contribution in [0.3, 0.4) is 0 Å². The lowest BCUT2D eigenvalue weighted by molar-refractivity contribution is -0.112. The molecule has 5 heteroatoms. The lowest BCUT2D eigenvalue weighted by Crippen LogP contribution is -2.30. The second-order valence-corrected chi connectivity index (χ2v) is 4.99. The van der Waals surface area contributed by atoms with Crippen LogP contribution < -0.4 is 10.2 Å². The van der Waals surface area contributed by atoms with Crippen LogP contribution >= 0.6 is 0 Å². The van der Waals surface area contributed by atoms with Gasteiger partial charge in [0.2, 0.25) is 0 Å². The van der Waals surface area contributed by atoms with E-state index in [1.54, 1.807) is 6.07 Å². The second kappa shape index (κ2) is 4.66. The maximum atomic E-state index is 11.5. The lowest BCUT2D eigenvalue weighted by atomic mass is 10.1. The number of amides is 1. The van der Waals surface area contributed by atoms with Gasteiger partial charge in [0, 0.05) is 25.4 Å². The zero-order valence-electron chi connectivity index (χ0n) is 10.8. The molecular weight excluding hydrogens is 244 g/mol. The Kier molecular flexibility index (Phi) is 2.98. The minimum atomic E-state index is -0.542. The molecule has 1 aromatic carbocycles. The summed E-state index contributed by atoms with van der Waals surface area (Å²) in [6.45, 7) is 4.57. The first kappa shape index (κ1) is 12.2. The summed E-state index contributed by atoms with van der Waals surface area (Å²) in [5.74, 6) is -0.992. The smallest absolute Gasteiger partial charge is 0.296 e. The number of Topliss-reactive ketones (excluding diaryl/α,β-unsaturated/α-hetero) is 1. The van der Waals surface area contributed by atoms with Crippen LogP contribution in [0.4, 0.5) is 11.4 Å². The van der Waals surface area contributed by atoms with Crippen molar-refractivity contribution in [3.8, 4) is 0 Å². The predicted octanol–water partition coefficient (Wildman–Crippen LogP) is 1.44. The Bertz CT molecular complexity index is 541. The van der Waals surface area contributed by atoms with Crippen molar-refractivity contribution in [2.75, 3.05) is 29.9 Å². The van der Waals surface area contributed by atoms with E-state index >= 15 is 0 Å². The van der Waals surface area contributed by atoms with Crippen molar-refractivity contribution in [2.45, 2.75) is 19.4 Å². The van der Waals surface area contributed by atoms with Crippen LogP contribution in [-0.2, 0) is 9.53 Å². The van der Waals surface area contributed by atoms with Crippen molar-refractivity contribution in [3.05, 3.63) is 23.8 Å². The molecule has 1 atom stereocenters. The highest BCUT2D eigenvalue weighted by Gasteiger charge is 2.28. The van der Waals surface area contributed by atoms with Crippen LogP contribution in [0.5, 0.6) is 0 Å². The molecule has 1 N–H and O–H groups in total. The van der Waals surface area contributed by atoms with Gasteiger partial charge in [-0.05, 0) is 31.5 Å². The topological polar surface area (TPSA) is 58.6 Å². The fraction of sp³-hybridized carbons (Fsp3) is 0.429. The monoisotopic (exact) mass is 260 g/mol. The standard InChI is InChI=1S/C14H16N2O3/c1-9-8-16(5-2-6-19-9)10-3-4-11-12(7-10)15-14(18)13(11)17/h3-4,7,9H,2,5-6,8H2,1H3,(H,15,17,18). The van der Waals surface area contributed by atoms with Crippen LogP contribution in [-0.4, -0.2) is 37.5 Å². The molecule has 0 aromatic heterocycles. The molecule has 0 aliphatic carbocycles. The molecular formula is C14H16N2O3. The molecule has 3 rings (SSSR count). The number of fused-ring (bicyclic) bond motifs is 1. The molecule has 2 heterocycles. The summed E-state index contributed by atoms with van der Waals surface area (Å²) >= 11 is 0. The molecule has 19 heavy (non-hydrogen) atoms. The first-order valence-corrected chi connectivity index (χ1v) is 6.51. The van der Waals surface area contributed by atoms with E-state index in [2.05, 4.69) is 17.1 Å². The van der Waals surface area contributed by atoms with Crippen molar-refractivity contribution < 1.29 is 14.3 Å². The minimum absolute atomic E-state index is 0.187. The number of hydrogen-bond acceptors (Lipinski definition) is 4. The number of nitrogens with zero attached hydrogens (tertiary/aromatic N) is 1. The number of carbonyl (C=O) groups is 2. The summed E-state index contributed by atoms with van der Waals surface area (Å²) < 4.78 is 5.62. The van der Waals surface area contributed by atoms with E-state index in [9.17, 15) is 9.59 Å². The summed E-state index contributed by atoms with van der Waals surface area (Å²) in [7, 11) is 0.